The minimum Gasteiger partial charge on any atom is -0.309 e. The van der Waals surface area contributed by atoms with E-state index in [1.165, 1.54) is 0 Å². The molecule has 0 spiro atoms. The quantitative estimate of drug-likeness (QED) is 0.108. The third-order valence-corrected chi connectivity index (χ3v) is 17.4. The molecule has 0 saturated carbocycles. The third-order valence-electron chi connectivity index (χ3n) is 17.4. The number of benzene rings is 12. The van der Waals surface area contributed by atoms with Crippen LogP contribution in [-0.4, -0.2) is 54.0 Å². The van der Waals surface area contributed by atoms with E-state index in [4.69, 9.17) is 51.4 Å². The van der Waals surface area contributed by atoms with Crippen LogP contribution < -0.4 is 0 Å². The van der Waals surface area contributed by atoms with E-state index in [0.717, 1.165) is 99.4 Å². The van der Waals surface area contributed by atoms with Crippen molar-refractivity contribution in [3.05, 3.63) is 314 Å². The highest BCUT2D eigenvalue weighted by molar-refractivity contribution is 6.12. The summed E-state index contributed by atoms with van der Waals surface area (Å²) >= 11 is 0. The highest BCUT2D eigenvalue weighted by Gasteiger charge is 2.25. The van der Waals surface area contributed by atoms with Crippen molar-refractivity contribution >= 4 is 49.3 Å². The Balaban J connectivity index is 0.872. The molecule has 446 valence electrons. The average Bonchev–Trinajstić information content (AvgIpc) is 1.54. The number of fused-ring (bicyclic) bond motifs is 6. The van der Waals surface area contributed by atoms with Crippen LogP contribution in [0.2, 0.25) is 0 Å². The molecule has 13 heteroatoms. The van der Waals surface area contributed by atoms with E-state index in [9.17, 15) is 5.26 Å². The summed E-state index contributed by atoms with van der Waals surface area (Å²) in [6.07, 6.45) is 0. The summed E-state index contributed by atoms with van der Waals surface area (Å²) < 4.78 is 4.45. The minimum absolute atomic E-state index is 0.375. The number of hydrogen-bond donors (Lipinski definition) is 0. The molecule has 0 atom stereocenters. The minimum atomic E-state index is 0.375. The van der Waals surface area contributed by atoms with Gasteiger partial charge in [-0.1, -0.05) is 218 Å². The van der Waals surface area contributed by atoms with Crippen LogP contribution in [0.15, 0.2) is 297 Å². The lowest BCUT2D eigenvalue weighted by molar-refractivity contribution is 1.06. The lowest BCUT2D eigenvalue weighted by Crippen LogP contribution is -2.06. The molecular weight excluding hydrogens is 1180 g/mol. The monoisotopic (exact) mass is 1230 g/mol. The van der Waals surface area contributed by atoms with Crippen LogP contribution in [-0.2, 0) is 0 Å². The molecule has 13 nitrogen and oxygen atoms in total. The van der Waals surface area contributed by atoms with E-state index in [-0.39, 0.29) is 0 Å². The first-order valence-electron chi connectivity index (χ1n) is 31.3. The summed E-state index contributed by atoms with van der Waals surface area (Å²) in [5.41, 5.74) is 14.9. The lowest BCUT2D eigenvalue weighted by Gasteiger charge is -2.18. The number of hydrogen-bond acceptors (Lipinski definition) is 10. The second-order valence-electron chi connectivity index (χ2n) is 23.1. The summed E-state index contributed by atoms with van der Waals surface area (Å²) in [7, 11) is 0. The molecule has 96 heavy (non-hydrogen) atoms. The maximum absolute atomic E-state index is 10.8. The van der Waals surface area contributed by atoms with Crippen LogP contribution in [0.4, 0.5) is 5.69 Å². The molecule has 0 aliphatic carbocycles. The molecule has 0 bridgehead atoms. The SMILES string of the molecule is [C-]#[N+]c1ccccc1-c1ccc(-n2c3ccccc3c3cc(-c4nc(-c5ccccc5)nc(-c5ccccc5)n4)ccc32)c(-c2nc(-c3ccccc3)nc(-c3ccc(C#N)cc3-n3c4ccccc4c4cc(-c5nc(-c6ccccc6)nc(-c6ccccc6)n5)ccc43)n2)c1. The molecule has 0 amide bonds. The van der Waals surface area contributed by atoms with Crippen molar-refractivity contribution in [2.45, 2.75) is 0 Å². The lowest BCUT2D eigenvalue weighted by atomic mass is 9.99. The maximum atomic E-state index is 10.8. The van der Waals surface area contributed by atoms with Crippen molar-refractivity contribution in [2.75, 3.05) is 0 Å². The number of aromatic nitrogens is 11. The number of nitriles is 1. The van der Waals surface area contributed by atoms with E-state index < -0.39 is 0 Å². The third kappa shape index (κ3) is 10.1. The first kappa shape index (κ1) is 56.2. The Morgan fingerprint density at radius 2 is 0.615 bits per heavy atom. The summed E-state index contributed by atoms with van der Waals surface area (Å²) in [4.78, 5) is 50.9. The molecule has 12 aromatic carbocycles. The second kappa shape index (κ2) is 23.8. The summed E-state index contributed by atoms with van der Waals surface area (Å²) in [6, 6.07) is 101. The zero-order chi connectivity index (χ0) is 64.1. The van der Waals surface area contributed by atoms with Crippen molar-refractivity contribution in [1.82, 2.24) is 54.0 Å². The smallest absolute Gasteiger partial charge is 0.194 e. The van der Waals surface area contributed by atoms with Gasteiger partial charge in [-0.3, -0.25) is 0 Å². The van der Waals surface area contributed by atoms with E-state index >= 15 is 0 Å². The van der Waals surface area contributed by atoms with Crippen molar-refractivity contribution in [3.8, 4) is 131 Å². The van der Waals surface area contributed by atoms with Gasteiger partial charge in [-0.25, -0.2) is 49.7 Å². The normalized spacial score (nSPS) is 11.3. The molecule has 0 unspecified atom stereocenters. The number of rotatable bonds is 12. The van der Waals surface area contributed by atoms with Crippen molar-refractivity contribution in [1.29, 1.82) is 5.26 Å². The number of nitrogens with zero attached hydrogens (tertiary/aromatic N) is 13. The Labute approximate surface area is 550 Å². The zero-order valence-electron chi connectivity index (χ0n) is 51.1. The van der Waals surface area contributed by atoms with Gasteiger partial charge in [-0.15, -0.1) is 0 Å². The Morgan fingerprint density at radius 1 is 0.260 bits per heavy atom. The van der Waals surface area contributed by atoms with E-state index in [1.807, 2.05) is 212 Å². The maximum Gasteiger partial charge on any atom is 0.194 e. The van der Waals surface area contributed by atoms with Gasteiger partial charge in [0.25, 0.3) is 0 Å². The van der Waals surface area contributed by atoms with Gasteiger partial charge in [0.1, 0.15) is 0 Å². The van der Waals surface area contributed by atoms with Crippen molar-refractivity contribution < 1.29 is 0 Å². The predicted octanol–water partition coefficient (Wildman–Crippen LogP) is 19.5. The van der Waals surface area contributed by atoms with Gasteiger partial charge in [-0.05, 0) is 90.0 Å². The molecule has 0 fully saturated rings. The average molecular weight is 1230 g/mol. The van der Waals surface area contributed by atoms with Crippen LogP contribution in [0.25, 0.3) is 173 Å². The predicted molar refractivity (Wildman–Crippen MR) is 381 cm³/mol. The van der Waals surface area contributed by atoms with Gasteiger partial charge in [0.05, 0.1) is 51.6 Å². The number of para-hydroxylation sites is 3. The van der Waals surface area contributed by atoms with Crippen molar-refractivity contribution in [2.24, 2.45) is 0 Å². The first-order chi connectivity index (χ1) is 47.5. The van der Waals surface area contributed by atoms with E-state index in [2.05, 4.69) is 105 Å². The van der Waals surface area contributed by atoms with Crippen LogP contribution in [0.5, 0.6) is 0 Å². The van der Waals surface area contributed by atoms with Gasteiger partial charge in [0, 0.05) is 71.6 Å². The Bertz CT molecular complexity index is 5860. The fourth-order valence-corrected chi connectivity index (χ4v) is 12.8. The molecule has 5 aromatic heterocycles. The summed E-state index contributed by atoms with van der Waals surface area (Å²) in [5.74, 6) is 4.54. The molecule has 17 rings (SSSR count). The van der Waals surface area contributed by atoms with E-state index in [0.29, 0.717) is 80.5 Å². The van der Waals surface area contributed by atoms with E-state index in [1.54, 1.807) is 0 Å². The highest BCUT2D eigenvalue weighted by Crippen LogP contribution is 2.43. The Morgan fingerprint density at radius 3 is 1.06 bits per heavy atom. The van der Waals surface area contributed by atoms with Gasteiger partial charge in [0.15, 0.2) is 58.1 Å². The summed E-state index contributed by atoms with van der Waals surface area (Å²) in [5, 5.41) is 14.7. The van der Waals surface area contributed by atoms with Gasteiger partial charge < -0.3 is 9.13 Å². The molecule has 0 radical (unpaired) electrons. The van der Waals surface area contributed by atoms with Crippen LogP contribution in [0, 0.1) is 17.9 Å². The summed E-state index contributed by atoms with van der Waals surface area (Å²) in [6.45, 7) is 8.30. The Kier molecular flexibility index (Phi) is 13.9. The zero-order valence-corrected chi connectivity index (χ0v) is 51.1. The molecule has 17 aromatic rings. The topological polar surface area (TPSA) is 154 Å². The van der Waals surface area contributed by atoms with Crippen LogP contribution in [0.3, 0.4) is 0 Å². The molecule has 5 heterocycles. The second-order valence-corrected chi connectivity index (χ2v) is 23.1. The van der Waals surface area contributed by atoms with Crippen molar-refractivity contribution in [3.63, 3.8) is 0 Å². The fourth-order valence-electron chi connectivity index (χ4n) is 12.8. The van der Waals surface area contributed by atoms with Crippen LogP contribution in [0.1, 0.15) is 5.56 Å². The molecule has 0 aliphatic rings. The standard InChI is InChI=1S/C83H49N13/c1-85-68-36-20-17-33-61(68)58-40-44-73(95-69-37-21-18-34-62(69)65-49-59(41-45-71(65)95)80-88-75(53-23-7-2-8-24-53)86-76(89-80)54-25-9-3-10-26-54)67(48-58)83-93-79(57-31-15-6-16-32-57)92-82(94-83)64-43-39-52(51-84)47-74(64)96-70-38-22-19-35-63(70)66-50-60(42-46-72(66)96)81-90-77(55-27-11-4-12-28-55)87-78(91-81)56-29-13-5-14-30-56/h2-50H. The fraction of sp³-hybridized carbons (Fsp3) is 0. The molecule has 0 aliphatic heterocycles. The molecule has 0 saturated heterocycles. The Hall–Kier alpha value is -13.8. The van der Waals surface area contributed by atoms with Gasteiger partial charge >= 0.3 is 0 Å². The largest absolute Gasteiger partial charge is 0.309 e. The highest BCUT2D eigenvalue weighted by atomic mass is 15.1. The van der Waals surface area contributed by atoms with Gasteiger partial charge in [-0.2, -0.15) is 5.26 Å². The van der Waals surface area contributed by atoms with Crippen LogP contribution >= 0.6 is 0 Å². The molecule has 0 N–H and O–H groups in total. The van der Waals surface area contributed by atoms with Gasteiger partial charge in [0.2, 0.25) is 0 Å². The molecular formula is C83H49N13. The first-order valence-corrected chi connectivity index (χ1v) is 31.3.